The monoisotopic (exact) mass is 330 g/mol. The minimum absolute atomic E-state index is 0.0632. The molecule has 1 aromatic heterocycles. The number of benzene rings is 1. The first-order chi connectivity index (χ1) is 11.1. The normalized spacial score (nSPS) is 11.6. The van der Waals surface area contributed by atoms with Crippen LogP contribution in [0.1, 0.15) is 28.5 Å². The summed E-state index contributed by atoms with van der Waals surface area (Å²) in [6.45, 7) is 0. The first kappa shape index (κ1) is 17.0. The van der Waals surface area contributed by atoms with E-state index in [0.29, 0.717) is 5.69 Å². The van der Waals surface area contributed by atoms with Crippen molar-refractivity contribution in [2.45, 2.75) is 17.4 Å². The van der Waals surface area contributed by atoms with Gasteiger partial charge in [-0.15, -0.1) is 11.8 Å². The van der Waals surface area contributed by atoms with Crippen LogP contribution in [0.4, 0.5) is 0 Å². The molecule has 6 heteroatoms. The summed E-state index contributed by atoms with van der Waals surface area (Å²) in [6, 6.07) is 12.4. The highest BCUT2D eigenvalue weighted by molar-refractivity contribution is 7.98. The average molecular weight is 330 g/mol. The predicted octanol–water partition coefficient (Wildman–Crippen LogP) is 2.84. The van der Waals surface area contributed by atoms with Crippen LogP contribution in [0.5, 0.6) is 0 Å². The maximum Gasteiger partial charge on any atom is 0.307 e. The maximum absolute atomic E-state index is 12.3. The summed E-state index contributed by atoms with van der Waals surface area (Å²) >= 11 is 1.63. The molecular weight excluding hydrogens is 312 g/mol. The zero-order valence-corrected chi connectivity index (χ0v) is 13.8. The van der Waals surface area contributed by atoms with Crippen LogP contribution < -0.4 is 5.32 Å². The Labute approximate surface area is 139 Å². The van der Waals surface area contributed by atoms with Crippen molar-refractivity contribution < 1.29 is 14.3 Å². The maximum atomic E-state index is 12.3. The van der Waals surface area contributed by atoms with Crippen molar-refractivity contribution in [3.63, 3.8) is 0 Å². The number of nitrogens with zero attached hydrogens (tertiary/aromatic N) is 1. The Morgan fingerprint density at radius 3 is 2.52 bits per heavy atom. The van der Waals surface area contributed by atoms with E-state index in [1.165, 1.54) is 7.11 Å². The van der Waals surface area contributed by atoms with Crippen molar-refractivity contribution in [3.05, 3.63) is 59.9 Å². The molecule has 1 atom stereocenters. The molecule has 5 nitrogen and oxygen atoms in total. The van der Waals surface area contributed by atoms with E-state index < -0.39 is 6.04 Å². The van der Waals surface area contributed by atoms with Crippen molar-refractivity contribution in [3.8, 4) is 0 Å². The molecule has 0 unspecified atom stereocenters. The zero-order chi connectivity index (χ0) is 16.7. The number of nitrogens with one attached hydrogen (secondary N) is 1. The Bertz CT molecular complexity index is 659. The van der Waals surface area contributed by atoms with Gasteiger partial charge in [-0.25, -0.2) is 0 Å². The first-order valence-corrected chi connectivity index (χ1v) is 8.29. The van der Waals surface area contributed by atoms with E-state index in [9.17, 15) is 9.59 Å². The van der Waals surface area contributed by atoms with Crippen LogP contribution in [-0.4, -0.2) is 30.2 Å². The lowest BCUT2D eigenvalue weighted by molar-refractivity contribution is -0.141. The lowest BCUT2D eigenvalue weighted by Gasteiger charge is -2.18. The van der Waals surface area contributed by atoms with E-state index in [-0.39, 0.29) is 18.3 Å². The van der Waals surface area contributed by atoms with E-state index in [4.69, 9.17) is 4.74 Å². The van der Waals surface area contributed by atoms with Gasteiger partial charge in [-0.1, -0.05) is 18.2 Å². The molecule has 1 heterocycles. The third kappa shape index (κ3) is 4.82. The van der Waals surface area contributed by atoms with E-state index in [0.717, 1.165) is 10.5 Å². The molecule has 0 saturated heterocycles. The minimum Gasteiger partial charge on any atom is -0.469 e. The van der Waals surface area contributed by atoms with Gasteiger partial charge < -0.3 is 10.1 Å². The fourth-order valence-corrected chi connectivity index (χ4v) is 2.48. The number of hydrogen-bond donors (Lipinski definition) is 1. The summed E-state index contributed by atoms with van der Waals surface area (Å²) in [5, 5.41) is 2.84. The summed E-state index contributed by atoms with van der Waals surface area (Å²) in [5.74, 6) is -0.710. The number of carbonyl (C=O) groups is 2. The fraction of sp³-hybridized carbons (Fsp3) is 0.235. The van der Waals surface area contributed by atoms with Gasteiger partial charge in [-0.3, -0.25) is 14.6 Å². The molecule has 0 fully saturated rings. The lowest BCUT2D eigenvalue weighted by Crippen LogP contribution is -2.31. The van der Waals surface area contributed by atoms with Crippen LogP contribution in [-0.2, 0) is 9.53 Å². The second-order valence-corrected chi connectivity index (χ2v) is 5.67. The van der Waals surface area contributed by atoms with E-state index in [1.807, 2.05) is 30.5 Å². The smallest absolute Gasteiger partial charge is 0.307 e. The van der Waals surface area contributed by atoms with Gasteiger partial charge in [0.15, 0.2) is 0 Å². The quantitative estimate of drug-likeness (QED) is 0.651. The number of amides is 1. The van der Waals surface area contributed by atoms with Gasteiger partial charge >= 0.3 is 5.97 Å². The molecule has 2 rings (SSSR count). The van der Waals surface area contributed by atoms with E-state index in [1.54, 1.807) is 36.2 Å². The molecule has 120 valence electrons. The van der Waals surface area contributed by atoms with Gasteiger partial charge in [0.05, 0.1) is 19.6 Å². The molecular formula is C17H18N2O3S. The van der Waals surface area contributed by atoms with Crippen molar-refractivity contribution in [2.24, 2.45) is 0 Å². The number of hydrogen-bond acceptors (Lipinski definition) is 5. The Balaban J connectivity index is 2.19. The lowest BCUT2D eigenvalue weighted by atomic mass is 10.0. The molecule has 0 aliphatic heterocycles. The number of carbonyl (C=O) groups excluding carboxylic acids is 2. The van der Waals surface area contributed by atoms with Crippen LogP contribution in [0, 0.1) is 0 Å². The van der Waals surface area contributed by atoms with Gasteiger partial charge in [-0.05, 0) is 36.1 Å². The molecule has 0 radical (unpaired) electrons. The summed E-state index contributed by atoms with van der Waals surface area (Å²) in [6.07, 6.45) is 3.61. The zero-order valence-electron chi connectivity index (χ0n) is 13.0. The molecule has 0 saturated carbocycles. The third-order valence-corrected chi connectivity index (χ3v) is 4.06. The molecule has 0 spiro atoms. The molecule has 0 aliphatic carbocycles. The Morgan fingerprint density at radius 1 is 1.22 bits per heavy atom. The van der Waals surface area contributed by atoms with Crippen LogP contribution in [0.3, 0.4) is 0 Å². The number of aromatic nitrogens is 1. The number of pyridine rings is 1. The highest BCUT2D eigenvalue weighted by Crippen LogP contribution is 2.22. The Kier molecular flexibility index (Phi) is 6.17. The molecule has 2 aromatic rings. The molecule has 0 aliphatic rings. The Morgan fingerprint density at radius 2 is 1.96 bits per heavy atom. The summed E-state index contributed by atoms with van der Waals surface area (Å²) in [4.78, 5) is 29.1. The van der Waals surface area contributed by atoms with Crippen LogP contribution >= 0.6 is 11.8 Å². The van der Waals surface area contributed by atoms with Crippen molar-refractivity contribution in [1.82, 2.24) is 10.3 Å². The van der Waals surface area contributed by atoms with Crippen LogP contribution in [0.15, 0.2) is 53.6 Å². The standard InChI is InChI=1S/C17H18N2O3S/c1-22-16(20)11-15(12-6-8-13(23-2)9-7-12)19-17(21)14-5-3-4-10-18-14/h3-10,15H,11H2,1-2H3,(H,19,21)/t15-/m0/s1. The van der Waals surface area contributed by atoms with Crippen LogP contribution in [0.25, 0.3) is 0 Å². The van der Waals surface area contributed by atoms with Gasteiger partial charge in [0.2, 0.25) is 0 Å². The average Bonchev–Trinajstić information content (AvgIpc) is 2.61. The van der Waals surface area contributed by atoms with Gasteiger partial charge in [0, 0.05) is 11.1 Å². The number of thioether (sulfide) groups is 1. The second kappa shape index (κ2) is 8.33. The highest BCUT2D eigenvalue weighted by atomic mass is 32.2. The number of esters is 1. The van der Waals surface area contributed by atoms with Gasteiger partial charge in [0.1, 0.15) is 5.69 Å². The molecule has 23 heavy (non-hydrogen) atoms. The van der Waals surface area contributed by atoms with Crippen LogP contribution in [0.2, 0.25) is 0 Å². The van der Waals surface area contributed by atoms with Crippen molar-refractivity contribution in [2.75, 3.05) is 13.4 Å². The van der Waals surface area contributed by atoms with Crippen molar-refractivity contribution in [1.29, 1.82) is 0 Å². The predicted molar refractivity (Wildman–Crippen MR) is 89.3 cm³/mol. The van der Waals surface area contributed by atoms with Gasteiger partial charge in [-0.2, -0.15) is 0 Å². The summed E-state index contributed by atoms with van der Waals surface area (Å²) in [7, 11) is 1.33. The Hall–Kier alpha value is -2.34. The molecule has 1 amide bonds. The van der Waals surface area contributed by atoms with Gasteiger partial charge in [0.25, 0.3) is 5.91 Å². The van der Waals surface area contributed by atoms with E-state index >= 15 is 0 Å². The topological polar surface area (TPSA) is 68.3 Å². The summed E-state index contributed by atoms with van der Waals surface area (Å²) < 4.78 is 4.72. The summed E-state index contributed by atoms with van der Waals surface area (Å²) in [5.41, 5.74) is 1.15. The molecule has 1 aromatic carbocycles. The first-order valence-electron chi connectivity index (χ1n) is 7.06. The highest BCUT2D eigenvalue weighted by Gasteiger charge is 2.20. The number of methoxy groups -OCH3 is 1. The largest absolute Gasteiger partial charge is 0.469 e. The van der Waals surface area contributed by atoms with Crippen molar-refractivity contribution >= 4 is 23.6 Å². The SMILES string of the molecule is COC(=O)C[C@H](NC(=O)c1ccccn1)c1ccc(SC)cc1. The second-order valence-electron chi connectivity index (χ2n) is 4.79. The molecule has 0 bridgehead atoms. The molecule has 1 N–H and O–H groups in total. The minimum atomic E-state index is -0.465. The number of rotatable bonds is 6. The van der Waals surface area contributed by atoms with E-state index in [2.05, 4.69) is 10.3 Å². The third-order valence-electron chi connectivity index (χ3n) is 3.32. The fourth-order valence-electron chi connectivity index (χ4n) is 2.07. The number of ether oxygens (including phenoxy) is 1.